The molecule has 1 aromatic carbocycles. The first-order chi connectivity index (χ1) is 9.04. The highest BCUT2D eigenvalue weighted by atomic mass is 16.5. The summed E-state index contributed by atoms with van der Waals surface area (Å²) in [5, 5.41) is 9.22. The van der Waals surface area contributed by atoms with Gasteiger partial charge in [0.25, 0.3) is 0 Å². The van der Waals surface area contributed by atoms with Crippen molar-refractivity contribution in [3.63, 3.8) is 0 Å². The van der Waals surface area contributed by atoms with Crippen LogP contribution >= 0.6 is 0 Å². The lowest BCUT2D eigenvalue weighted by Gasteiger charge is -2.33. The summed E-state index contributed by atoms with van der Waals surface area (Å²) in [4.78, 5) is 12.6. The molecule has 4 nitrogen and oxygen atoms in total. The number of hydrogen-bond acceptors (Lipinski definition) is 4. The maximum atomic E-state index is 12.6. The van der Waals surface area contributed by atoms with Gasteiger partial charge in [-0.1, -0.05) is 19.9 Å². The minimum absolute atomic E-state index is 0.164. The first-order valence-corrected chi connectivity index (χ1v) is 6.26. The molecule has 100 valence electrons. The molecule has 19 heavy (non-hydrogen) atoms. The highest BCUT2D eigenvalue weighted by molar-refractivity contribution is 6.05. The number of Topliss-reactive ketones (excluding diaryl/α,β-unsaturated/α-hetero) is 1. The van der Waals surface area contributed by atoms with Gasteiger partial charge >= 0.3 is 0 Å². The highest BCUT2D eigenvalue weighted by Crippen LogP contribution is 2.35. The third-order valence-electron chi connectivity index (χ3n) is 3.48. The van der Waals surface area contributed by atoms with E-state index in [0.717, 1.165) is 5.56 Å². The molecule has 1 aromatic rings. The van der Waals surface area contributed by atoms with E-state index in [1.54, 1.807) is 6.07 Å². The van der Waals surface area contributed by atoms with Crippen molar-refractivity contribution in [3.05, 3.63) is 29.3 Å². The van der Waals surface area contributed by atoms with Crippen molar-refractivity contribution in [1.82, 2.24) is 0 Å². The Bertz CT molecular complexity index is 539. The number of hydrogen-bond donors (Lipinski definition) is 0. The number of rotatable bonds is 4. The Balaban J connectivity index is 2.45. The van der Waals surface area contributed by atoms with Gasteiger partial charge in [0.1, 0.15) is 5.75 Å². The van der Waals surface area contributed by atoms with E-state index in [1.165, 1.54) is 7.11 Å². The maximum Gasteiger partial charge on any atom is 0.191 e. The molecule has 0 spiro atoms. The van der Waals surface area contributed by atoms with Gasteiger partial charge < -0.3 is 9.47 Å². The predicted molar refractivity (Wildman–Crippen MR) is 70.3 cm³/mol. The number of ether oxygens (including phenoxy) is 2. The van der Waals surface area contributed by atoms with Crippen molar-refractivity contribution >= 4 is 5.78 Å². The molecule has 0 aromatic heterocycles. The van der Waals surface area contributed by atoms with Gasteiger partial charge in [0.05, 0.1) is 32.0 Å². The molecule has 0 atom stereocenters. The average molecular weight is 259 g/mol. The van der Waals surface area contributed by atoms with Crippen molar-refractivity contribution < 1.29 is 14.3 Å². The molecule has 1 fully saturated rings. The topological polar surface area (TPSA) is 59.3 Å². The van der Waals surface area contributed by atoms with Gasteiger partial charge in [0.15, 0.2) is 11.2 Å². The normalized spacial score (nSPS) is 16.6. The lowest BCUT2D eigenvalue weighted by molar-refractivity contribution is -0.0567. The molecule has 2 rings (SSSR count). The van der Waals surface area contributed by atoms with Crippen LogP contribution in [-0.2, 0) is 4.74 Å². The van der Waals surface area contributed by atoms with E-state index in [1.807, 2.05) is 12.1 Å². The number of methoxy groups -OCH3 is 1. The molecule has 0 radical (unpaired) electrons. The summed E-state index contributed by atoms with van der Waals surface area (Å²) in [5.74, 6) is 0.615. The van der Waals surface area contributed by atoms with Crippen LogP contribution in [0.3, 0.4) is 0 Å². The largest absolute Gasteiger partial charge is 0.496 e. The third kappa shape index (κ3) is 2.22. The fourth-order valence-corrected chi connectivity index (χ4v) is 2.07. The molecule has 0 N–H and O–H groups in total. The Morgan fingerprint density at radius 3 is 2.58 bits per heavy atom. The SMILES string of the molecule is COc1ccc(C(C)C)cc1C(=O)C1(C#N)COC1. The van der Waals surface area contributed by atoms with Crippen LogP contribution in [-0.4, -0.2) is 26.1 Å². The summed E-state index contributed by atoms with van der Waals surface area (Å²) in [6, 6.07) is 7.63. The lowest BCUT2D eigenvalue weighted by Crippen LogP contribution is -2.48. The molecule has 4 heteroatoms. The zero-order valence-electron chi connectivity index (χ0n) is 11.4. The molecule has 0 bridgehead atoms. The second-order valence-corrected chi connectivity index (χ2v) is 5.13. The first kappa shape index (κ1) is 13.6. The summed E-state index contributed by atoms with van der Waals surface area (Å²) in [6.07, 6.45) is 0. The lowest BCUT2D eigenvalue weighted by atomic mass is 9.79. The Hall–Kier alpha value is -1.86. The summed E-state index contributed by atoms with van der Waals surface area (Å²) >= 11 is 0. The van der Waals surface area contributed by atoms with E-state index in [9.17, 15) is 10.1 Å². The van der Waals surface area contributed by atoms with E-state index < -0.39 is 5.41 Å². The predicted octanol–water partition coefficient (Wildman–Crippen LogP) is 2.54. The van der Waals surface area contributed by atoms with E-state index in [2.05, 4.69) is 19.9 Å². The fraction of sp³-hybridized carbons (Fsp3) is 0.467. The van der Waals surface area contributed by atoms with Crippen LogP contribution in [0.5, 0.6) is 5.75 Å². The van der Waals surface area contributed by atoms with Crippen LogP contribution in [0.25, 0.3) is 0 Å². The number of nitrogens with zero attached hydrogens (tertiary/aromatic N) is 1. The number of carbonyl (C=O) groups is 1. The van der Waals surface area contributed by atoms with Gasteiger partial charge in [-0.2, -0.15) is 5.26 Å². The van der Waals surface area contributed by atoms with Crippen LogP contribution in [0.15, 0.2) is 18.2 Å². The minimum atomic E-state index is -1.04. The number of benzene rings is 1. The van der Waals surface area contributed by atoms with E-state index in [4.69, 9.17) is 9.47 Å². The molecule has 0 aliphatic carbocycles. The molecule has 1 aliphatic rings. The smallest absolute Gasteiger partial charge is 0.191 e. The quantitative estimate of drug-likeness (QED) is 0.780. The second-order valence-electron chi connectivity index (χ2n) is 5.13. The Labute approximate surface area is 112 Å². The molecular formula is C15H17NO3. The van der Waals surface area contributed by atoms with Crippen LogP contribution in [0, 0.1) is 16.7 Å². The average Bonchev–Trinajstić information content (AvgIpc) is 2.37. The maximum absolute atomic E-state index is 12.6. The Morgan fingerprint density at radius 2 is 2.16 bits per heavy atom. The third-order valence-corrected chi connectivity index (χ3v) is 3.48. The Morgan fingerprint density at radius 1 is 1.47 bits per heavy atom. The minimum Gasteiger partial charge on any atom is -0.496 e. The summed E-state index contributed by atoms with van der Waals surface area (Å²) < 4.78 is 10.3. The van der Waals surface area contributed by atoms with Gasteiger partial charge in [-0.25, -0.2) is 0 Å². The van der Waals surface area contributed by atoms with Gasteiger partial charge in [0.2, 0.25) is 0 Å². The van der Waals surface area contributed by atoms with E-state index in [0.29, 0.717) is 17.2 Å². The van der Waals surface area contributed by atoms with Crippen molar-refractivity contribution in [1.29, 1.82) is 5.26 Å². The molecule has 1 saturated heterocycles. The molecule has 0 saturated carbocycles. The summed E-state index contributed by atoms with van der Waals surface area (Å²) in [5.41, 5.74) is 0.485. The Kier molecular flexibility index (Phi) is 3.59. The number of carbonyl (C=O) groups excluding carboxylic acids is 1. The van der Waals surface area contributed by atoms with Gasteiger partial charge in [-0.05, 0) is 23.6 Å². The van der Waals surface area contributed by atoms with Crippen molar-refractivity contribution in [3.8, 4) is 11.8 Å². The van der Waals surface area contributed by atoms with Crippen molar-refractivity contribution in [2.75, 3.05) is 20.3 Å². The second kappa shape index (κ2) is 5.02. The van der Waals surface area contributed by atoms with Crippen LogP contribution in [0.4, 0.5) is 0 Å². The summed E-state index contributed by atoms with van der Waals surface area (Å²) in [6.45, 7) is 4.44. The molecule has 0 unspecified atom stereocenters. The first-order valence-electron chi connectivity index (χ1n) is 6.26. The van der Waals surface area contributed by atoms with Crippen LogP contribution in [0.2, 0.25) is 0 Å². The summed E-state index contributed by atoms with van der Waals surface area (Å²) in [7, 11) is 1.53. The van der Waals surface area contributed by atoms with Crippen LogP contribution in [0.1, 0.15) is 35.7 Å². The molecule has 1 aliphatic heterocycles. The van der Waals surface area contributed by atoms with E-state index >= 15 is 0 Å². The molecule has 1 heterocycles. The highest BCUT2D eigenvalue weighted by Gasteiger charge is 2.47. The molecule has 0 amide bonds. The van der Waals surface area contributed by atoms with Gasteiger partial charge in [-0.15, -0.1) is 0 Å². The standard InChI is InChI=1S/C15H17NO3/c1-10(2)11-4-5-13(18-3)12(6-11)14(17)15(7-16)8-19-9-15/h4-6,10H,8-9H2,1-3H3. The van der Waals surface area contributed by atoms with Crippen molar-refractivity contribution in [2.24, 2.45) is 5.41 Å². The number of nitriles is 1. The van der Waals surface area contributed by atoms with Crippen molar-refractivity contribution in [2.45, 2.75) is 19.8 Å². The zero-order valence-corrected chi connectivity index (χ0v) is 11.4. The van der Waals surface area contributed by atoms with E-state index in [-0.39, 0.29) is 19.0 Å². The van der Waals surface area contributed by atoms with Gasteiger partial charge in [-0.3, -0.25) is 4.79 Å². The zero-order chi connectivity index (χ0) is 14.0. The fourth-order valence-electron chi connectivity index (χ4n) is 2.07. The molecular weight excluding hydrogens is 242 g/mol. The monoisotopic (exact) mass is 259 g/mol. The number of ketones is 1. The van der Waals surface area contributed by atoms with Crippen LogP contribution < -0.4 is 4.74 Å². The van der Waals surface area contributed by atoms with Gasteiger partial charge in [0, 0.05) is 0 Å².